The van der Waals surface area contributed by atoms with Gasteiger partial charge in [-0.15, -0.1) is 0 Å². The van der Waals surface area contributed by atoms with Gasteiger partial charge < -0.3 is 10.2 Å². The highest BCUT2D eigenvalue weighted by atomic mass is 35.5. The summed E-state index contributed by atoms with van der Waals surface area (Å²) in [5, 5.41) is 4.82. The average molecular weight is 457 g/mol. The topological polar surface area (TPSA) is 32.3 Å². The zero-order valence-electron chi connectivity index (χ0n) is 18.2. The zero-order chi connectivity index (χ0) is 21.8. The van der Waals surface area contributed by atoms with Crippen molar-refractivity contribution in [1.82, 2.24) is 5.32 Å². The highest BCUT2D eigenvalue weighted by Crippen LogP contribution is 2.59. The second kappa shape index (κ2) is 8.01. The van der Waals surface area contributed by atoms with Crippen molar-refractivity contribution in [2.75, 3.05) is 18.0 Å². The maximum absolute atomic E-state index is 12.9. The van der Waals surface area contributed by atoms with Gasteiger partial charge in [-0.3, -0.25) is 4.79 Å². The van der Waals surface area contributed by atoms with Crippen molar-refractivity contribution in [2.45, 2.75) is 57.4 Å². The van der Waals surface area contributed by atoms with E-state index in [0.717, 1.165) is 36.0 Å². The van der Waals surface area contributed by atoms with E-state index < -0.39 is 0 Å². The first-order valence-electron chi connectivity index (χ1n) is 11.5. The van der Waals surface area contributed by atoms with Gasteiger partial charge in [0, 0.05) is 40.8 Å². The van der Waals surface area contributed by atoms with Crippen LogP contribution >= 0.6 is 23.2 Å². The quantitative estimate of drug-likeness (QED) is 0.579. The summed E-state index contributed by atoms with van der Waals surface area (Å²) in [6, 6.07) is 14.9. The largest absolute Gasteiger partial charge is 0.371 e. The van der Waals surface area contributed by atoms with Crippen LogP contribution in [0.5, 0.6) is 0 Å². The van der Waals surface area contributed by atoms with E-state index >= 15 is 0 Å². The van der Waals surface area contributed by atoms with E-state index in [-0.39, 0.29) is 35.1 Å². The highest BCUT2D eigenvalue weighted by Gasteiger charge is 2.57. The van der Waals surface area contributed by atoms with Crippen molar-refractivity contribution in [3.05, 3.63) is 63.6 Å². The lowest BCUT2D eigenvalue weighted by molar-refractivity contribution is -0.129. The Morgan fingerprint density at radius 2 is 1.77 bits per heavy atom. The second-order valence-electron chi connectivity index (χ2n) is 9.83. The molecule has 1 N–H and O–H groups in total. The molecule has 0 spiro atoms. The number of rotatable bonds is 3. The molecule has 1 aliphatic carbocycles. The normalized spacial score (nSPS) is 32.8. The molecule has 2 saturated heterocycles. The maximum atomic E-state index is 12.9. The molecule has 2 aromatic carbocycles. The summed E-state index contributed by atoms with van der Waals surface area (Å²) in [6.45, 7) is 6.52. The van der Waals surface area contributed by atoms with Gasteiger partial charge in [0.1, 0.15) is 0 Å². The second-order valence-corrected chi connectivity index (χ2v) is 10.7. The van der Waals surface area contributed by atoms with Gasteiger partial charge in [-0.1, -0.05) is 48.3 Å². The van der Waals surface area contributed by atoms with Gasteiger partial charge in [0.05, 0.1) is 5.41 Å². The van der Waals surface area contributed by atoms with Gasteiger partial charge >= 0.3 is 0 Å². The third-order valence-electron chi connectivity index (χ3n) is 8.06. The Labute approximate surface area is 195 Å². The molecule has 3 nitrogen and oxygen atoms in total. The minimum absolute atomic E-state index is 0.128. The lowest BCUT2D eigenvalue weighted by atomic mass is 9.56. The predicted molar refractivity (Wildman–Crippen MR) is 128 cm³/mol. The van der Waals surface area contributed by atoms with Crippen LogP contribution in [0, 0.1) is 11.3 Å². The summed E-state index contributed by atoms with van der Waals surface area (Å²) in [5.41, 5.74) is 3.33. The van der Waals surface area contributed by atoms with Crippen molar-refractivity contribution in [2.24, 2.45) is 11.3 Å². The van der Waals surface area contributed by atoms with Crippen molar-refractivity contribution >= 4 is 34.8 Å². The minimum Gasteiger partial charge on any atom is -0.371 e. The Morgan fingerprint density at radius 3 is 2.45 bits per heavy atom. The van der Waals surface area contributed by atoms with Crippen LogP contribution < -0.4 is 10.2 Å². The number of carbonyl (C=O) groups excluding carboxylic acids is 1. The van der Waals surface area contributed by atoms with E-state index in [1.807, 2.05) is 12.1 Å². The van der Waals surface area contributed by atoms with Crippen molar-refractivity contribution in [3.8, 4) is 0 Å². The third-order valence-corrected chi connectivity index (χ3v) is 8.64. The zero-order valence-corrected chi connectivity index (χ0v) is 19.7. The molecule has 5 atom stereocenters. The fraction of sp³-hybridized carbons (Fsp3) is 0.500. The number of amides is 1. The summed E-state index contributed by atoms with van der Waals surface area (Å²) in [7, 11) is 0. The lowest BCUT2D eigenvalue weighted by Gasteiger charge is -2.46. The number of benzene rings is 2. The van der Waals surface area contributed by atoms with Crippen LogP contribution in [-0.2, 0) is 4.79 Å². The van der Waals surface area contributed by atoms with E-state index in [9.17, 15) is 4.79 Å². The van der Waals surface area contributed by atoms with Gasteiger partial charge in [-0.25, -0.2) is 0 Å². The van der Waals surface area contributed by atoms with E-state index in [1.54, 1.807) is 0 Å². The van der Waals surface area contributed by atoms with E-state index in [1.165, 1.54) is 29.7 Å². The maximum Gasteiger partial charge on any atom is 0.226 e. The van der Waals surface area contributed by atoms with Crippen LogP contribution in [-0.4, -0.2) is 25.0 Å². The summed E-state index contributed by atoms with van der Waals surface area (Å²) < 4.78 is 0. The van der Waals surface area contributed by atoms with Gasteiger partial charge in [0.25, 0.3) is 0 Å². The average Bonchev–Trinajstić information content (AvgIpc) is 3.36. The number of hydrogen-bond acceptors (Lipinski definition) is 2. The van der Waals surface area contributed by atoms with E-state index in [0.29, 0.717) is 0 Å². The van der Waals surface area contributed by atoms with Gasteiger partial charge in [0.15, 0.2) is 0 Å². The van der Waals surface area contributed by atoms with Crippen LogP contribution in [0.3, 0.4) is 0 Å². The Bertz CT molecular complexity index is 985. The molecule has 3 aliphatic rings. The molecule has 5 heteroatoms. The van der Waals surface area contributed by atoms with Gasteiger partial charge in [0.2, 0.25) is 5.91 Å². The smallest absolute Gasteiger partial charge is 0.226 e. The molecule has 3 fully saturated rings. The number of fused-ring (bicyclic) bond motifs is 1. The number of carbonyl (C=O) groups is 1. The van der Waals surface area contributed by atoms with Crippen molar-refractivity contribution in [1.29, 1.82) is 0 Å². The number of nitrogens with one attached hydrogen (secondary N) is 1. The molecular weight excluding hydrogens is 427 g/mol. The predicted octanol–water partition coefficient (Wildman–Crippen LogP) is 6.40. The fourth-order valence-corrected chi connectivity index (χ4v) is 6.94. The Kier molecular flexibility index (Phi) is 5.46. The molecular formula is C26H30Cl2N2O. The molecule has 2 heterocycles. The van der Waals surface area contributed by atoms with Crippen LogP contribution in [0.15, 0.2) is 42.5 Å². The molecule has 5 rings (SSSR count). The number of hydrogen-bond donors (Lipinski definition) is 1. The molecule has 0 radical (unpaired) electrons. The molecule has 2 aliphatic heterocycles. The van der Waals surface area contributed by atoms with Crippen LogP contribution in [0.4, 0.5) is 5.69 Å². The monoisotopic (exact) mass is 456 g/mol. The van der Waals surface area contributed by atoms with Crippen molar-refractivity contribution < 1.29 is 4.79 Å². The summed E-state index contributed by atoms with van der Waals surface area (Å²) in [6.07, 6.45) is 4.33. The SMILES string of the molecule is C[C@H]1NC(=O)[C@]2(C)CC[C@@H](c3ccc(N4CCCC4)cc3Cl)[C@H](c3ccc(Cl)cc3)[C@H]12. The number of nitrogens with zero attached hydrogens (tertiary/aromatic N) is 1. The first-order chi connectivity index (χ1) is 14.9. The molecule has 0 unspecified atom stereocenters. The molecule has 31 heavy (non-hydrogen) atoms. The Hall–Kier alpha value is -1.71. The molecule has 0 bridgehead atoms. The molecule has 164 valence electrons. The van der Waals surface area contributed by atoms with Gasteiger partial charge in [-0.2, -0.15) is 0 Å². The van der Waals surface area contributed by atoms with Crippen LogP contribution in [0.25, 0.3) is 0 Å². The number of halogens is 2. The Balaban J connectivity index is 1.57. The molecule has 1 saturated carbocycles. The first-order valence-corrected chi connectivity index (χ1v) is 12.2. The van der Waals surface area contributed by atoms with Crippen molar-refractivity contribution in [3.63, 3.8) is 0 Å². The molecule has 2 aromatic rings. The molecule has 1 amide bonds. The van der Waals surface area contributed by atoms with E-state index in [2.05, 4.69) is 54.4 Å². The lowest BCUT2D eigenvalue weighted by Crippen LogP contribution is -2.42. The van der Waals surface area contributed by atoms with Crippen LogP contribution in [0.1, 0.15) is 62.5 Å². The fourth-order valence-electron chi connectivity index (χ4n) is 6.50. The summed E-state index contributed by atoms with van der Waals surface area (Å²) in [4.78, 5) is 15.3. The standard InChI is InChI=1S/C26H30Cl2N2O/c1-16-24-23(17-5-7-18(27)8-6-17)21(11-12-26(24,2)25(31)29-16)20-10-9-19(15-22(20)28)30-13-3-4-14-30/h5-10,15-16,21,23-24H,3-4,11-14H2,1-2H3,(H,29,31)/t16-,21+,23+,24+,26-/m1/s1. The first kappa shape index (κ1) is 21.2. The number of anilines is 1. The van der Waals surface area contributed by atoms with Gasteiger partial charge in [-0.05, 0) is 79.8 Å². The highest BCUT2D eigenvalue weighted by molar-refractivity contribution is 6.31. The third kappa shape index (κ3) is 3.54. The summed E-state index contributed by atoms with van der Waals surface area (Å²) in [5.74, 6) is 0.891. The Morgan fingerprint density at radius 1 is 1.06 bits per heavy atom. The molecule has 0 aromatic heterocycles. The van der Waals surface area contributed by atoms with Crippen LogP contribution in [0.2, 0.25) is 10.0 Å². The van der Waals surface area contributed by atoms with E-state index in [4.69, 9.17) is 23.2 Å². The minimum atomic E-state index is -0.345. The summed E-state index contributed by atoms with van der Waals surface area (Å²) >= 11 is 13.1.